The summed E-state index contributed by atoms with van der Waals surface area (Å²) >= 11 is 6.00. The molecule has 0 saturated carbocycles. The highest BCUT2D eigenvalue weighted by Crippen LogP contribution is 2.21. The molecule has 2 N–H and O–H groups in total. The van der Waals surface area contributed by atoms with Crippen molar-refractivity contribution in [1.29, 1.82) is 0 Å². The first-order valence-electron chi connectivity index (χ1n) is 5.97. The van der Waals surface area contributed by atoms with Crippen molar-refractivity contribution >= 4 is 28.7 Å². The summed E-state index contributed by atoms with van der Waals surface area (Å²) in [4.78, 5) is 8.75. The van der Waals surface area contributed by atoms with Gasteiger partial charge >= 0.3 is 0 Å². The number of aryl methyl sites for hydroxylation is 1. The Morgan fingerprint density at radius 1 is 1.32 bits per heavy atom. The third kappa shape index (κ3) is 2.15. The Kier molecular flexibility index (Phi) is 2.87. The average Bonchev–Trinajstić information content (AvgIpc) is 2.69. The van der Waals surface area contributed by atoms with Crippen LogP contribution < -0.4 is 5.73 Å². The first kappa shape index (κ1) is 12.0. The molecule has 0 aliphatic carbocycles. The number of fused-ring (bicyclic) bond motifs is 1. The minimum absolute atomic E-state index is 0.469. The van der Waals surface area contributed by atoms with Crippen molar-refractivity contribution in [3.05, 3.63) is 52.7 Å². The molecule has 4 nitrogen and oxygen atoms in total. The Balaban J connectivity index is 2.10. The van der Waals surface area contributed by atoms with E-state index in [9.17, 15) is 0 Å². The lowest BCUT2D eigenvalue weighted by molar-refractivity contribution is 0.828. The molecule has 5 heteroatoms. The summed E-state index contributed by atoms with van der Waals surface area (Å²) in [6.45, 7) is 2.61. The number of benzene rings is 1. The molecule has 1 aromatic carbocycles. The molecule has 2 heterocycles. The van der Waals surface area contributed by atoms with E-state index in [1.165, 1.54) is 0 Å². The molecule has 0 aliphatic rings. The lowest BCUT2D eigenvalue weighted by Crippen LogP contribution is -2.05. The van der Waals surface area contributed by atoms with Crippen LogP contribution in [0.4, 0.5) is 5.95 Å². The van der Waals surface area contributed by atoms with Gasteiger partial charge in [-0.05, 0) is 36.2 Å². The van der Waals surface area contributed by atoms with Crippen LogP contribution in [0.1, 0.15) is 11.1 Å². The Hall–Kier alpha value is -2.07. The van der Waals surface area contributed by atoms with Crippen LogP contribution >= 0.6 is 11.6 Å². The molecule has 0 radical (unpaired) electrons. The molecule has 96 valence electrons. The number of aromatic nitrogens is 3. The van der Waals surface area contributed by atoms with E-state index in [1.54, 1.807) is 6.20 Å². The predicted octanol–water partition coefficient (Wildman–Crippen LogP) is 3.02. The molecular formula is C14H13ClN4. The number of halogens is 1. The van der Waals surface area contributed by atoms with Crippen molar-refractivity contribution in [2.75, 3.05) is 5.73 Å². The standard InChI is InChI=1S/C14H13ClN4/c1-9-5-6-17-13-12(9)18-14(16)19(13)8-10-3-2-4-11(15)7-10/h2-7H,8H2,1H3,(H2,16,18). The van der Waals surface area contributed by atoms with Gasteiger partial charge in [-0.15, -0.1) is 0 Å². The highest BCUT2D eigenvalue weighted by Gasteiger charge is 2.11. The third-order valence-electron chi connectivity index (χ3n) is 3.09. The quantitative estimate of drug-likeness (QED) is 0.780. The smallest absolute Gasteiger partial charge is 0.202 e. The highest BCUT2D eigenvalue weighted by molar-refractivity contribution is 6.30. The van der Waals surface area contributed by atoms with Gasteiger partial charge in [0.25, 0.3) is 0 Å². The van der Waals surface area contributed by atoms with E-state index >= 15 is 0 Å². The van der Waals surface area contributed by atoms with Gasteiger partial charge in [0.1, 0.15) is 5.52 Å². The number of rotatable bonds is 2. The number of hydrogen-bond acceptors (Lipinski definition) is 3. The van der Waals surface area contributed by atoms with E-state index in [-0.39, 0.29) is 0 Å². The first-order valence-corrected chi connectivity index (χ1v) is 6.35. The monoisotopic (exact) mass is 272 g/mol. The van der Waals surface area contributed by atoms with E-state index in [1.807, 2.05) is 41.8 Å². The second-order valence-electron chi connectivity index (χ2n) is 4.49. The largest absolute Gasteiger partial charge is 0.369 e. The molecular weight excluding hydrogens is 260 g/mol. The molecule has 0 bridgehead atoms. The SMILES string of the molecule is Cc1ccnc2c1nc(N)n2Cc1cccc(Cl)c1. The minimum Gasteiger partial charge on any atom is -0.369 e. The average molecular weight is 273 g/mol. The number of pyridine rings is 1. The molecule has 0 saturated heterocycles. The number of nitrogens with zero attached hydrogens (tertiary/aromatic N) is 3. The third-order valence-corrected chi connectivity index (χ3v) is 3.33. The number of nitrogen functional groups attached to an aromatic ring is 1. The predicted molar refractivity (Wildman–Crippen MR) is 77.2 cm³/mol. The van der Waals surface area contributed by atoms with E-state index in [2.05, 4.69) is 9.97 Å². The van der Waals surface area contributed by atoms with Crippen LogP contribution in [0.15, 0.2) is 36.5 Å². The Labute approximate surface area is 115 Å². The second kappa shape index (κ2) is 4.55. The van der Waals surface area contributed by atoms with E-state index < -0.39 is 0 Å². The zero-order chi connectivity index (χ0) is 13.4. The van der Waals surface area contributed by atoms with Crippen molar-refractivity contribution in [3.63, 3.8) is 0 Å². The van der Waals surface area contributed by atoms with Gasteiger partial charge < -0.3 is 5.73 Å². The van der Waals surface area contributed by atoms with Crippen LogP contribution in [-0.4, -0.2) is 14.5 Å². The zero-order valence-electron chi connectivity index (χ0n) is 10.5. The molecule has 0 atom stereocenters. The van der Waals surface area contributed by atoms with Crippen LogP contribution in [0.5, 0.6) is 0 Å². The van der Waals surface area contributed by atoms with Gasteiger partial charge in [-0.2, -0.15) is 0 Å². The number of hydrogen-bond donors (Lipinski definition) is 1. The second-order valence-corrected chi connectivity index (χ2v) is 4.92. The first-order chi connectivity index (χ1) is 9.15. The molecule has 0 aliphatic heterocycles. The molecule has 0 amide bonds. The van der Waals surface area contributed by atoms with Gasteiger partial charge in [-0.3, -0.25) is 4.57 Å². The molecule has 3 rings (SSSR count). The van der Waals surface area contributed by atoms with Crippen molar-refractivity contribution < 1.29 is 0 Å². The van der Waals surface area contributed by atoms with Crippen LogP contribution in [-0.2, 0) is 6.54 Å². The van der Waals surface area contributed by atoms with Crippen molar-refractivity contribution in [3.8, 4) is 0 Å². The maximum Gasteiger partial charge on any atom is 0.202 e. The maximum atomic E-state index is 6.00. The van der Waals surface area contributed by atoms with Gasteiger partial charge in [0.15, 0.2) is 5.65 Å². The summed E-state index contributed by atoms with van der Waals surface area (Å²) in [5.41, 5.74) is 9.78. The summed E-state index contributed by atoms with van der Waals surface area (Å²) in [7, 11) is 0. The number of imidazole rings is 1. The lowest BCUT2D eigenvalue weighted by Gasteiger charge is -2.06. The Morgan fingerprint density at radius 3 is 2.95 bits per heavy atom. The molecule has 2 aromatic heterocycles. The lowest BCUT2D eigenvalue weighted by atomic mass is 10.2. The summed E-state index contributed by atoms with van der Waals surface area (Å²) in [5.74, 6) is 0.469. The normalized spacial score (nSPS) is 11.1. The molecule has 19 heavy (non-hydrogen) atoms. The van der Waals surface area contributed by atoms with Crippen molar-refractivity contribution in [2.24, 2.45) is 0 Å². The van der Waals surface area contributed by atoms with Crippen LogP contribution in [0.25, 0.3) is 11.2 Å². The maximum absolute atomic E-state index is 6.00. The summed E-state index contributed by atoms with van der Waals surface area (Å²) < 4.78 is 1.90. The topological polar surface area (TPSA) is 56.7 Å². The summed E-state index contributed by atoms with van der Waals surface area (Å²) in [5, 5.41) is 0.713. The molecule has 0 fully saturated rings. The van der Waals surface area contributed by atoms with Crippen LogP contribution in [0.2, 0.25) is 5.02 Å². The van der Waals surface area contributed by atoms with Crippen molar-refractivity contribution in [2.45, 2.75) is 13.5 Å². The van der Waals surface area contributed by atoms with E-state index in [4.69, 9.17) is 17.3 Å². The van der Waals surface area contributed by atoms with E-state index in [0.717, 1.165) is 22.3 Å². The zero-order valence-corrected chi connectivity index (χ0v) is 11.2. The highest BCUT2D eigenvalue weighted by atomic mass is 35.5. The molecule has 0 spiro atoms. The molecule has 3 aromatic rings. The van der Waals surface area contributed by atoms with Crippen molar-refractivity contribution in [1.82, 2.24) is 14.5 Å². The van der Waals surface area contributed by atoms with Gasteiger partial charge in [0.05, 0.1) is 6.54 Å². The van der Waals surface area contributed by atoms with Crippen LogP contribution in [0, 0.1) is 6.92 Å². The number of nitrogens with two attached hydrogens (primary N) is 1. The fourth-order valence-electron chi connectivity index (χ4n) is 2.13. The van der Waals surface area contributed by atoms with Gasteiger partial charge in [0, 0.05) is 11.2 Å². The molecule has 0 unspecified atom stereocenters. The van der Waals surface area contributed by atoms with E-state index in [0.29, 0.717) is 17.5 Å². The van der Waals surface area contributed by atoms with Gasteiger partial charge in [-0.25, -0.2) is 9.97 Å². The Morgan fingerprint density at radius 2 is 2.16 bits per heavy atom. The fraction of sp³-hybridized carbons (Fsp3) is 0.143. The summed E-state index contributed by atoms with van der Waals surface area (Å²) in [6, 6.07) is 9.63. The fourth-order valence-corrected chi connectivity index (χ4v) is 2.34. The minimum atomic E-state index is 0.469. The van der Waals surface area contributed by atoms with Gasteiger partial charge in [0.2, 0.25) is 5.95 Å². The Bertz CT molecular complexity index is 748. The van der Waals surface area contributed by atoms with Gasteiger partial charge in [-0.1, -0.05) is 23.7 Å². The summed E-state index contributed by atoms with van der Waals surface area (Å²) in [6.07, 6.45) is 1.77. The number of anilines is 1. The van der Waals surface area contributed by atoms with Crippen LogP contribution in [0.3, 0.4) is 0 Å².